The molecule has 0 bridgehead atoms. The maximum Gasteiger partial charge on any atom is 0.124 e. The first-order valence-corrected chi connectivity index (χ1v) is 6.97. The van der Waals surface area contributed by atoms with Crippen LogP contribution in [-0.4, -0.2) is 10.7 Å². The van der Waals surface area contributed by atoms with Crippen molar-refractivity contribution in [2.45, 2.75) is 44.6 Å². The second-order valence-corrected chi connectivity index (χ2v) is 6.11. The second-order valence-electron chi connectivity index (χ2n) is 5.20. The molecule has 1 fully saturated rings. The van der Waals surface area contributed by atoms with Crippen LogP contribution in [0.5, 0.6) is 0 Å². The minimum Gasteiger partial charge on any atom is -0.390 e. The second kappa shape index (κ2) is 5.07. The molecule has 1 N–H and O–H groups in total. The lowest BCUT2D eigenvalue weighted by molar-refractivity contribution is 0.0436. The highest BCUT2D eigenvalue weighted by Crippen LogP contribution is 2.38. The smallest absolute Gasteiger partial charge is 0.124 e. The predicted octanol–water partition coefficient (Wildman–Crippen LogP) is 4.07. The largest absolute Gasteiger partial charge is 0.390 e. The Hall–Kier alpha value is -0.410. The van der Waals surface area contributed by atoms with Crippen LogP contribution in [0, 0.1) is 11.7 Å². The molecule has 1 saturated carbocycles. The summed E-state index contributed by atoms with van der Waals surface area (Å²) in [6.45, 7) is 2.16. The van der Waals surface area contributed by atoms with E-state index in [1.807, 2.05) is 6.07 Å². The molecule has 1 aromatic carbocycles. The summed E-state index contributed by atoms with van der Waals surface area (Å²) in [6, 6.07) is 4.85. The molecule has 0 amide bonds. The Morgan fingerprint density at radius 1 is 1.47 bits per heavy atom. The van der Waals surface area contributed by atoms with Gasteiger partial charge in [0.15, 0.2) is 0 Å². The summed E-state index contributed by atoms with van der Waals surface area (Å²) >= 11 is 3.28. The van der Waals surface area contributed by atoms with Crippen molar-refractivity contribution < 1.29 is 9.50 Å². The molecule has 2 rings (SSSR count). The molecule has 94 valence electrons. The molecule has 0 radical (unpaired) electrons. The van der Waals surface area contributed by atoms with Gasteiger partial charge in [0.25, 0.3) is 0 Å². The van der Waals surface area contributed by atoms with Crippen LogP contribution in [0.1, 0.15) is 38.2 Å². The van der Waals surface area contributed by atoms with Crippen LogP contribution in [-0.2, 0) is 6.42 Å². The molecule has 1 aliphatic carbocycles. The van der Waals surface area contributed by atoms with Crippen molar-refractivity contribution in [2.75, 3.05) is 0 Å². The van der Waals surface area contributed by atoms with Gasteiger partial charge in [0, 0.05) is 10.9 Å². The summed E-state index contributed by atoms with van der Waals surface area (Å²) in [4.78, 5) is 0. The molecule has 2 unspecified atom stereocenters. The van der Waals surface area contributed by atoms with E-state index < -0.39 is 5.60 Å². The molecule has 0 saturated heterocycles. The van der Waals surface area contributed by atoms with Crippen molar-refractivity contribution in [3.63, 3.8) is 0 Å². The Labute approximate surface area is 110 Å². The standard InChI is InChI=1S/C14H18BrFO/c1-2-10-3-4-14(17,8-10)9-11-5-12(15)7-13(16)6-11/h5-7,10,17H,2-4,8-9H2,1H3. The maximum absolute atomic E-state index is 13.3. The van der Waals surface area contributed by atoms with Crippen molar-refractivity contribution in [1.29, 1.82) is 0 Å². The van der Waals surface area contributed by atoms with E-state index in [0.29, 0.717) is 12.3 Å². The highest BCUT2D eigenvalue weighted by Gasteiger charge is 2.36. The Kier molecular flexibility index (Phi) is 3.88. The molecule has 0 spiro atoms. The van der Waals surface area contributed by atoms with Gasteiger partial charge in [-0.15, -0.1) is 0 Å². The third-order valence-electron chi connectivity index (χ3n) is 3.72. The Balaban J connectivity index is 2.10. The van der Waals surface area contributed by atoms with Gasteiger partial charge in [-0.1, -0.05) is 29.3 Å². The molecular formula is C14H18BrFO. The van der Waals surface area contributed by atoms with Crippen molar-refractivity contribution in [2.24, 2.45) is 5.92 Å². The molecule has 0 heterocycles. The van der Waals surface area contributed by atoms with Gasteiger partial charge in [-0.2, -0.15) is 0 Å². The van der Waals surface area contributed by atoms with E-state index >= 15 is 0 Å². The summed E-state index contributed by atoms with van der Waals surface area (Å²) in [5.74, 6) is 0.375. The van der Waals surface area contributed by atoms with Gasteiger partial charge in [-0.25, -0.2) is 4.39 Å². The van der Waals surface area contributed by atoms with Gasteiger partial charge in [-0.05, 0) is 48.9 Å². The van der Waals surface area contributed by atoms with Crippen molar-refractivity contribution in [3.05, 3.63) is 34.1 Å². The molecular weight excluding hydrogens is 283 g/mol. The SMILES string of the molecule is CCC1CCC(O)(Cc2cc(F)cc(Br)c2)C1. The van der Waals surface area contributed by atoms with E-state index in [-0.39, 0.29) is 5.82 Å². The fourth-order valence-corrected chi connectivity index (χ4v) is 3.33. The normalized spacial score (nSPS) is 28.6. The van der Waals surface area contributed by atoms with E-state index in [1.165, 1.54) is 12.1 Å². The number of aliphatic hydroxyl groups is 1. The van der Waals surface area contributed by atoms with Crippen molar-refractivity contribution >= 4 is 15.9 Å². The fourth-order valence-electron chi connectivity index (χ4n) is 2.82. The Morgan fingerprint density at radius 2 is 2.24 bits per heavy atom. The average molecular weight is 301 g/mol. The van der Waals surface area contributed by atoms with Crippen LogP contribution in [0.3, 0.4) is 0 Å². The topological polar surface area (TPSA) is 20.2 Å². The zero-order chi connectivity index (χ0) is 12.5. The summed E-state index contributed by atoms with van der Waals surface area (Å²) in [7, 11) is 0. The first kappa shape index (κ1) is 13.0. The Bertz CT molecular complexity index is 387. The van der Waals surface area contributed by atoms with Crippen LogP contribution in [0.25, 0.3) is 0 Å². The molecule has 0 aliphatic heterocycles. The third-order valence-corrected chi connectivity index (χ3v) is 4.18. The molecule has 3 heteroatoms. The van der Waals surface area contributed by atoms with Crippen LogP contribution in [0.2, 0.25) is 0 Å². The highest BCUT2D eigenvalue weighted by atomic mass is 79.9. The monoisotopic (exact) mass is 300 g/mol. The molecule has 2 atom stereocenters. The first-order valence-electron chi connectivity index (χ1n) is 6.18. The number of rotatable bonds is 3. The lowest BCUT2D eigenvalue weighted by Gasteiger charge is -2.23. The van der Waals surface area contributed by atoms with Crippen molar-refractivity contribution in [1.82, 2.24) is 0 Å². The van der Waals surface area contributed by atoms with E-state index in [4.69, 9.17) is 0 Å². The van der Waals surface area contributed by atoms with E-state index in [0.717, 1.165) is 35.7 Å². The number of benzene rings is 1. The quantitative estimate of drug-likeness (QED) is 0.892. The Morgan fingerprint density at radius 3 is 2.82 bits per heavy atom. The van der Waals surface area contributed by atoms with Crippen LogP contribution < -0.4 is 0 Å². The molecule has 17 heavy (non-hydrogen) atoms. The summed E-state index contributed by atoms with van der Waals surface area (Å²) in [5.41, 5.74) is 0.240. The van der Waals surface area contributed by atoms with Gasteiger partial charge < -0.3 is 5.11 Å². The average Bonchev–Trinajstić information content (AvgIpc) is 2.58. The number of hydrogen-bond acceptors (Lipinski definition) is 1. The maximum atomic E-state index is 13.3. The predicted molar refractivity (Wildman–Crippen MR) is 70.4 cm³/mol. The third kappa shape index (κ3) is 3.29. The summed E-state index contributed by atoms with van der Waals surface area (Å²) < 4.78 is 14.0. The molecule has 1 nitrogen and oxygen atoms in total. The van der Waals surface area contributed by atoms with Gasteiger partial charge in [-0.3, -0.25) is 0 Å². The lowest BCUT2D eigenvalue weighted by Crippen LogP contribution is -2.27. The van der Waals surface area contributed by atoms with Crippen LogP contribution >= 0.6 is 15.9 Å². The fraction of sp³-hybridized carbons (Fsp3) is 0.571. The zero-order valence-corrected chi connectivity index (χ0v) is 11.6. The van der Waals surface area contributed by atoms with E-state index in [9.17, 15) is 9.50 Å². The van der Waals surface area contributed by atoms with Crippen LogP contribution in [0.15, 0.2) is 22.7 Å². The molecule has 0 aromatic heterocycles. The minimum atomic E-state index is -0.631. The van der Waals surface area contributed by atoms with E-state index in [2.05, 4.69) is 22.9 Å². The zero-order valence-electron chi connectivity index (χ0n) is 10.0. The number of hydrogen-bond donors (Lipinski definition) is 1. The molecule has 1 aromatic rings. The highest BCUT2D eigenvalue weighted by molar-refractivity contribution is 9.10. The van der Waals surface area contributed by atoms with Gasteiger partial charge in [0.05, 0.1) is 5.60 Å². The van der Waals surface area contributed by atoms with Gasteiger partial charge in [0.2, 0.25) is 0 Å². The van der Waals surface area contributed by atoms with Crippen molar-refractivity contribution in [3.8, 4) is 0 Å². The van der Waals surface area contributed by atoms with Gasteiger partial charge in [0.1, 0.15) is 5.82 Å². The number of halogens is 2. The summed E-state index contributed by atoms with van der Waals surface area (Å²) in [5, 5.41) is 10.5. The van der Waals surface area contributed by atoms with Crippen LogP contribution in [0.4, 0.5) is 4.39 Å². The van der Waals surface area contributed by atoms with E-state index in [1.54, 1.807) is 0 Å². The lowest BCUT2D eigenvalue weighted by atomic mass is 9.91. The summed E-state index contributed by atoms with van der Waals surface area (Å²) in [6.07, 6.45) is 4.44. The molecule has 1 aliphatic rings. The van der Waals surface area contributed by atoms with Gasteiger partial charge >= 0.3 is 0 Å². The minimum absolute atomic E-state index is 0.247. The first-order chi connectivity index (χ1) is 8.00.